The van der Waals surface area contributed by atoms with Gasteiger partial charge in [-0.15, -0.1) is 12.4 Å². The number of nitrogens with zero attached hydrogens (tertiary/aromatic N) is 1. The van der Waals surface area contributed by atoms with Crippen LogP contribution in [0.3, 0.4) is 0 Å². The van der Waals surface area contributed by atoms with Crippen LogP contribution in [0.1, 0.15) is 5.56 Å². The lowest BCUT2D eigenvalue weighted by Crippen LogP contribution is -1.78. The topological polar surface area (TPSA) is 23.8 Å². The predicted octanol–water partition coefficient (Wildman–Crippen LogP) is 2.83. The summed E-state index contributed by atoms with van der Waals surface area (Å²) >= 11 is 5.67. The molecule has 0 radical (unpaired) electrons. The van der Waals surface area contributed by atoms with Crippen LogP contribution in [0.2, 0.25) is 5.02 Å². The number of halogens is 2. The fraction of sp³-hybridized carbons (Fsp3) is 0.125. The Hall–Kier alpha value is -0.710. The van der Waals surface area contributed by atoms with Gasteiger partial charge in [-0.25, -0.2) is 0 Å². The Morgan fingerprint density at radius 2 is 2.18 bits per heavy atom. The van der Waals surface area contributed by atoms with Gasteiger partial charge in [-0.1, -0.05) is 23.7 Å². The molecule has 0 aliphatic rings. The summed E-state index contributed by atoms with van der Waals surface area (Å²) in [5.41, 5.74) is 0.968. The van der Waals surface area contributed by atoms with Crippen molar-refractivity contribution in [3.63, 3.8) is 0 Å². The van der Waals surface area contributed by atoms with Crippen molar-refractivity contribution in [2.75, 3.05) is 0 Å². The number of benzene rings is 1. The van der Waals surface area contributed by atoms with Gasteiger partial charge in [0, 0.05) is 5.02 Å². The first-order chi connectivity index (χ1) is 4.83. The highest BCUT2D eigenvalue weighted by atomic mass is 35.5. The van der Waals surface area contributed by atoms with E-state index in [1.54, 1.807) is 12.1 Å². The summed E-state index contributed by atoms with van der Waals surface area (Å²) in [5.74, 6) is 0. The Kier molecular flexibility index (Phi) is 4.69. The monoisotopic (exact) mass is 187 g/mol. The van der Waals surface area contributed by atoms with Crippen LogP contribution < -0.4 is 0 Å². The van der Waals surface area contributed by atoms with Crippen molar-refractivity contribution in [1.82, 2.24) is 0 Å². The molecule has 0 N–H and O–H groups in total. The third-order valence-corrected chi connectivity index (χ3v) is 1.41. The minimum Gasteiger partial charge on any atom is -0.198 e. The molecule has 1 aromatic rings. The van der Waals surface area contributed by atoms with Gasteiger partial charge in [0.25, 0.3) is 0 Å². The highest BCUT2D eigenvalue weighted by molar-refractivity contribution is 6.30. The van der Waals surface area contributed by atoms with E-state index in [2.05, 4.69) is 6.07 Å². The average Bonchev–Trinajstić information content (AvgIpc) is 1.88. The van der Waals surface area contributed by atoms with E-state index in [0.29, 0.717) is 11.4 Å². The van der Waals surface area contributed by atoms with Crippen LogP contribution in [0.25, 0.3) is 0 Å². The maximum Gasteiger partial charge on any atom is 0.0669 e. The number of hydrogen-bond donors (Lipinski definition) is 0. The predicted molar refractivity (Wildman–Crippen MR) is 48.0 cm³/mol. The summed E-state index contributed by atoms with van der Waals surface area (Å²) in [6, 6.07) is 9.37. The molecular formula is C8H7Cl2N. The van der Waals surface area contributed by atoms with Crippen LogP contribution in [0.15, 0.2) is 24.3 Å². The summed E-state index contributed by atoms with van der Waals surface area (Å²) in [6.07, 6.45) is 0.431. The summed E-state index contributed by atoms with van der Waals surface area (Å²) < 4.78 is 0. The lowest BCUT2D eigenvalue weighted by molar-refractivity contribution is 1.26. The Balaban J connectivity index is 0.000001000. The van der Waals surface area contributed by atoms with Gasteiger partial charge in [0.2, 0.25) is 0 Å². The minimum absolute atomic E-state index is 0. The van der Waals surface area contributed by atoms with Crippen molar-refractivity contribution < 1.29 is 0 Å². The van der Waals surface area contributed by atoms with Crippen LogP contribution >= 0.6 is 24.0 Å². The Morgan fingerprint density at radius 3 is 2.73 bits per heavy atom. The maximum absolute atomic E-state index is 8.32. The second-order valence-corrected chi connectivity index (χ2v) is 2.40. The van der Waals surface area contributed by atoms with Crippen LogP contribution in [-0.2, 0) is 6.42 Å². The van der Waals surface area contributed by atoms with Crippen LogP contribution in [0, 0.1) is 11.3 Å². The standard InChI is InChI=1S/C8H6ClN.ClH/c9-8-3-1-2-7(6-8)4-5-10;/h1-3,6H,4H2;1H. The third kappa shape index (κ3) is 3.27. The van der Waals surface area contributed by atoms with E-state index in [0.717, 1.165) is 5.56 Å². The van der Waals surface area contributed by atoms with Gasteiger partial charge in [0.05, 0.1) is 12.5 Å². The molecule has 1 rings (SSSR count). The maximum atomic E-state index is 8.32. The Morgan fingerprint density at radius 1 is 1.45 bits per heavy atom. The van der Waals surface area contributed by atoms with Crippen molar-refractivity contribution in [1.29, 1.82) is 5.26 Å². The summed E-state index contributed by atoms with van der Waals surface area (Å²) in [4.78, 5) is 0. The van der Waals surface area contributed by atoms with Gasteiger partial charge in [-0.2, -0.15) is 5.26 Å². The quantitative estimate of drug-likeness (QED) is 0.664. The van der Waals surface area contributed by atoms with E-state index in [1.807, 2.05) is 12.1 Å². The van der Waals surface area contributed by atoms with Crippen LogP contribution in [-0.4, -0.2) is 0 Å². The first-order valence-electron chi connectivity index (χ1n) is 2.94. The molecule has 0 heterocycles. The molecule has 0 aromatic heterocycles. The number of hydrogen-bond acceptors (Lipinski definition) is 1. The lowest BCUT2D eigenvalue weighted by Gasteiger charge is -1.92. The lowest BCUT2D eigenvalue weighted by atomic mass is 10.2. The third-order valence-electron chi connectivity index (χ3n) is 1.17. The van der Waals surface area contributed by atoms with Crippen LogP contribution in [0.4, 0.5) is 0 Å². The summed E-state index contributed by atoms with van der Waals surface area (Å²) in [6.45, 7) is 0. The minimum atomic E-state index is 0. The Labute approximate surface area is 77.0 Å². The fourth-order valence-corrected chi connectivity index (χ4v) is 0.951. The molecule has 1 nitrogen and oxygen atoms in total. The first kappa shape index (κ1) is 10.3. The van der Waals surface area contributed by atoms with Crippen molar-refractivity contribution in [2.45, 2.75) is 6.42 Å². The second kappa shape index (κ2) is 5.01. The van der Waals surface area contributed by atoms with E-state index in [-0.39, 0.29) is 12.4 Å². The molecule has 0 atom stereocenters. The molecule has 0 amide bonds. The van der Waals surface area contributed by atoms with Crippen molar-refractivity contribution in [3.8, 4) is 6.07 Å². The summed E-state index contributed by atoms with van der Waals surface area (Å²) in [5, 5.41) is 9.01. The molecule has 0 saturated carbocycles. The zero-order valence-corrected chi connectivity index (χ0v) is 7.32. The second-order valence-electron chi connectivity index (χ2n) is 1.96. The molecule has 0 aliphatic carbocycles. The molecule has 0 aliphatic heterocycles. The average molecular weight is 188 g/mol. The highest BCUT2D eigenvalue weighted by Gasteiger charge is 1.90. The van der Waals surface area contributed by atoms with E-state index < -0.39 is 0 Å². The smallest absolute Gasteiger partial charge is 0.0669 e. The molecule has 0 bridgehead atoms. The van der Waals surface area contributed by atoms with Gasteiger partial charge in [0.1, 0.15) is 0 Å². The van der Waals surface area contributed by atoms with Crippen molar-refractivity contribution in [2.24, 2.45) is 0 Å². The summed E-state index contributed by atoms with van der Waals surface area (Å²) in [7, 11) is 0. The van der Waals surface area contributed by atoms with Gasteiger partial charge in [0.15, 0.2) is 0 Å². The number of rotatable bonds is 1. The van der Waals surface area contributed by atoms with Crippen molar-refractivity contribution >= 4 is 24.0 Å². The first-order valence-corrected chi connectivity index (χ1v) is 3.32. The SMILES string of the molecule is Cl.N#CCc1cccc(Cl)c1. The molecule has 0 fully saturated rings. The largest absolute Gasteiger partial charge is 0.198 e. The van der Waals surface area contributed by atoms with Gasteiger partial charge >= 0.3 is 0 Å². The van der Waals surface area contributed by atoms with Gasteiger partial charge in [-0.05, 0) is 17.7 Å². The molecule has 0 saturated heterocycles. The van der Waals surface area contributed by atoms with E-state index in [1.165, 1.54) is 0 Å². The molecule has 0 spiro atoms. The van der Waals surface area contributed by atoms with Gasteiger partial charge in [-0.3, -0.25) is 0 Å². The molecule has 1 aromatic carbocycles. The zero-order chi connectivity index (χ0) is 7.40. The molecule has 58 valence electrons. The van der Waals surface area contributed by atoms with Crippen molar-refractivity contribution in [3.05, 3.63) is 34.9 Å². The molecular weight excluding hydrogens is 181 g/mol. The zero-order valence-electron chi connectivity index (χ0n) is 5.75. The highest BCUT2D eigenvalue weighted by Crippen LogP contribution is 2.10. The van der Waals surface area contributed by atoms with E-state index >= 15 is 0 Å². The Bertz CT molecular complexity index is 265. The van der Waals surface area contributed by atoms with E-state index in [9.17, 15) is 0 Å². The van der Waals surface area contributed by atoms with Crippen LogP contribution in [0.5, 0.6) is 0 Å². The normalized spacial score (nSPS) is 8.00. The van der Waals surface area contributed by atoms with Gasteiger partial charge < -0.3 is 0 Å². The molecule has 11 heavy (non-hydrogen) atoms. The fourth-order valence-electron chi connectivity index (χ4n) is 0.738. The molecule has 3 heteroatoms. The van der Waals surface area contributed by atoms with E-state index in [4.69, 9.17) is 16.9 Å². The number of nitriles is 1. The molecule has 0 unspecified atom stereocenters.